The van der Waals surface area contributed by atoms with Crippen LogP contribution in [0, 0.1) is 0 Å². The van der Waals surface area contributed by atoms with Gasteiger partial charge in [-0.15, -0.1) is 0 Å². The number of likely N-dealkylation sites (tertiary alicyclic amines) is 1. The molecule has 1 fully saturated rings. The lowest BCUT2D eigenvalue weighted by Gasteiger charge is -2.29. The fraction of sp³-hybridized carbons (Fsp3) is 0.429. The summed E-state index contributed by atoms with van der Waals surface area (Å²) >= 11 is 1.50. The van der Waals surface area contributed by atoms with E-state index >= 15 is 0 Å². The van der Waals surface area contributed by atoms with Crippen LogP contribution < -0.4 is 11.1 Å². The van der Waals surface area contributed by atoms with Gasteiger partial charge in [0, 0.05) is 12.6 Å². The third-order valence-corrected chi connectivity index (χ3v) is 4.40. The van der Waals surface area contributed by atoms with Gasteiger partial charge in [0.05, 0.1) is 16.8 Å². The van der Waals surface area contributed by atoms with E-state index in [-0.39, 0.29) is 11.9 Å². The second kappa shape index (κ2) is 5.87. The van der Waals surface area contributed by atoms with Gasteiger partial charge < -0.3 is 11.1 Å². The van der Waals surface area contributed by atoms with Crippen molar-refractivity contribution < 1.29 is 4.79 Å². The molecule has 1 saturated heterocycles. The van der Waals surface area contributed by atoms with E-state index in [9.17, 15) is 4.79 Å². The lowest BCUT2D eigenvalue weighted by Crippen LogP contribution is -2.45. The number of nitrogens with one attached hydrogen (secondary N) is 1. The van der Waals surface area contributed by atoms with E-state index in [1.165, 1.54) is 11.3 Å². The molecule has 0 bridgehead atoms. The standard InChI is InChI=1S/C14H18N4OS/c15-10-4-3-7-18(8-10)9-13(19)17-14-16-11-5-1-2-6-12(11)20-14/h1-2,5-6,10H,3-4,7-9,15H2,(H,16,17,19). The van der Waals surface area contributed by atoms with Gasteiger partial charge in [0.25, 0.3) is 0 Å². The second-order valence-corrected chi connectivity index (χ2v) is 6.20. The Balaban J connectivity index is 1.60. The highest BCUT2D eigenvalue weighted by Crippen LogP contribution is 2.25. The van der Waals surface area contributed by atoms with E-state index in [1.807, 2.05) is 24.3 Å². The van der Waals surface area contributed by atoms with Gasteiger partial charge in [-0.05, 0) is 31.5 Å². The van der Waals surface area contributed by atoms with Gasteiger partial charge in [-0.25, -0.2) is 4.98 Å². The summed E-state index contributed by atoms with van der Waals surface area (Å²) in [6.45, 7) is 2.14. The van der Waals surface area contributed by atoms with Crippen molar-refractivity contribution in [2.75, 3.05) is 25.0 Å². The number of benzene rings is 1. The number of piperidine rings is 1. The molecule has 3 rings (SSSR count). The molecular weight excluding hydrogens is 272 g/mol. The lowest BCUT2D eigenvalue weighted by molar-refractivity contribution is -0.117. The Kier molecular flexibility index (Phi) is 3.95. The van der Waals surface area contributed by atoms with Crippen LogP contribution in [0.15, 0.2) is 24.3 Å². The quantitative estimate of drug-likeness (QED) is 0.902. The molecule has 3 N–H and O–H groups in total. The van der Waals surface area contributed by atoms with E-state index < -0.39 is 0 Å². The van der Waals surface area contributed by atoms with Crippen LogP contribution in [0.2, 0.25) is 0 Å². The molecule has 1 aromatic heterocycles. The molecular formula is C14H18N4OS. The maximum Gasteiger partial charge on any atom is 0.240 e. The van der Waals surface area contributed by atoms with Gasteiger partial charge in [0.2, 0.25) is 5.91 Å². The number of rotatable bonds is 3. The maximum absolute atomic E-state index is 12.0. The number of thiazole rings is 1. The fourth-order valence-corrected chi connectivity index (χ4v) is 3.40. The number of fused-ring (bicyclic) bond motifs is 1. The first-order valence-electron chi connectivity index (χ1n) is 6.84. The number of nitrogens with zero attached hydrogens (tertiary/aromatic N) is 2. The van der Waals surface area contributed by atoms with Gasteiger partial charge in [-0.2, -0.15) is 0 Å². The molecule has 1 aromatic carbocycles. The summed E-state index contributed by atoms with van der Waals surface area (Å²) in [6, 6.07) is 8.07. The predicted molar refractivity (Wildman–Crippen MR) is 81.9 cm³/mol. The summed E-state index contributed by atoms with van der Waals surface area (Å²) < 4.78 is 1.09. The first-order valence-corrected chi connectivity index (χ1v) is 7.66. The van der Waals surface area contributed by atoms with Gasteiger partial charge in [0.15, 0.2) is 5.13 Å². The number of carbonyl (C=O) groups is 1. The van der Waals surface area contributed by atoms with Crippen LogP contribution in [0.25, 0.3) is 10.2 Å². The Morgan fingerprint density at radius 1 is 1.50 bits per heavy atom. The van der Waals surface area contributed by atoms with Crippen molar-refractivity contribution in [2.45, 2.75) is 18.9 Å². The Morgan fingerprint density at radius 2 is 2.35 bits per heavy atom. The molecule has 1 atom stereocenters. The van der Waals surface area contributed by atoms with E-state index in [0.29, 0.717) is 11.7 Å². The second-order valence-electron chi connectivity index (χ2n) is 5.17. The number of hydrogen-bond acceptors (Lipinski definition) is 5. The zero-order valence-electron chi connectivity index (χ0n) is 11.2. The van der Waals surface area contributed by atoms with Gasteiger partial charge in [-0.3, -0.25) is 9.69 Å². The van der Waals surface area contributed by atoms with Crippen molar-refractivity contribution >= 4 is 32.6 Å². The minimum Gasteiger partial charge on any atom is -0.327 e. The van der Waals surface area contributed by atoms with Crippen LogP contribution in [0.3, 0.4) is 0 Å². The van der Waals surface area contributed by atoms with Crippen molar-refractivity contribution in [1.29, 1.82) is 0 Å². The van der Waals surface area contributed by atoms with Crippen LogP contribution >= 0.6 is 11.3 Å². The maximum atomic E-state index is 12.0. The van der Waals surface area contributed by atoms with Crippen LogP contribution in [0.5, 0.6) is 0 Å². The molecule has 1 amide bonds. The molecule has 20 heavy (non-hydrogen) atoms. The van der Waals surface area contributed by atoms with E-state index in [0.717, 1.165) is 36.1 Å². The van der Waals surface area contributed by atoms with Crippen molar-refractivity contribution in [3.05, 3.63) is 24.3 Å². The van der Waals surface area contributed by atoms with Gasteiger partial charge in [-0.1, -0.05) is 23.5 Å². The molecule has 5 nitrogen and oxygen atoms in total. The number of hydrogen-bond donors (Lipinski definition) is 2. The Bertz CT molecular complexity index is 579. The zero-order valence-corrected chi connectivity index (χ0v) is 12.0. The van der Waals surface area contributed by atoms with E-state index in [2.05, 4.69) is 15.2 Å². The highest BCUT2D eigenvalue weighted by Gasteiger charge is 2.19. The van der Waals surface area contributed by atoms with Crippen molar-refractivity contribution in [3.63, 3.8) is 0 Å². The van der Waals surface area contributed by atoms with Crippen LogP contribution in [0.4, 0.5) is 5.13 Å². The highest BCUT2D eigenvalue weighted by molar-refractivity contribution is 7.22. The molecule has 1 aliphatic heterocycles. The Morgan fingerprint density at radius 3 is 3.15 bits per heavy atom. The summed E-state index contributed by atoms with van der Waals surface area (Å²) in [6.07, 6.45) is 2.12. The number of aromatic nitrogens is 1. The summed E-state index contributed by atoms with van der Waals surface area (Å²) in [5.74, 6) is -0.0156. The topological polar surface area (TPSA) is 71.2 Å². The molecule has 1 unspecified atom stereocenters. The summed E-state index contributed by atoms with van der Waals surface area (Å²) in [4.78, 5) is 18.5. The van der Waals surface area contributed by atoms with Crippen molar-refractivity contribution in [1.82, 2.24) is 9.88 Å². The number of amides is 1. The molecule has 0 radical (unpaired) electrons. The van der Waals surface area contributed by atoms with Gasteiger partial charge >= 0.3 is 0 Å². The van der Waals surface area contributed by atoms with Crippen LogP contribution in [-0.2, 0) is 4.79 Å². The first-order chi connectivity index (χ1) is 9.70. The summed E-state index contributed by atoms with van der Waals surface area (Å²) in [7, 11) is 0. The summed E-state index contributed by atoms with van der Waals surface area (Å²) in [5.41, 5.74) is 6.84. The highest BCUT2D eigenvalue weighted by atomic mass is 32.1. The average molecular weight is 290 g/mol. The molecule has 106 valence electrons. The SMILES string of the molecule is NC1CCCN(CC(=O)Nc2nc3ccccc3s2)C1. The minimum absolute atomic E-state index is 0.0156. The molecule has 6 heteroatoms. The Labute approximate surface area is 121 Å². The van der Waals surface area contributed by atoms with Gasteiger partial charge in [0.1, 0.15) is 0 Å². The molecule has 2 aromatic rings. The number of anilines is 1. The third kappa shape index (κ3) is 3.15. The summed E-state index contributed by atoms with van der Waals surface area (Å²) in [5, 5.41) is 3.54. The first kappa shape index (κ1) is 13.5. The monoisotopic (exact) mass is 290 g/mol. The van der Waals surface area contributed by atoms with Crippen LogP contribution in [0.1, 0.15) is 12.8 Å². The van der Waals surface area contributed by atoms with Crippen molar-refractivity contribution in [3.8, 4) is 0 Å². The molecule has 2 heterocycles. The number of carbonyl (C=O) groups excluding carboxylic acids is 1. The minimum atomic E-state index is -0.0156. The molecule has 0 spiro atoms. The molecule has 1 aliphatic rings. The lowest BCUT2D eigenvalue weighted by atomic mass is 10.1. The van der Waals surface area contributed by atoms with Crippen LogP contribution in [-0.4, -0.2) is 41.5 Å². The molecule has 0 saturated carbocycles. The number of para-hydroxylation sites is 1. The number of nitrogens with two attached hydrogens (primary N) is 1. The normalized spacial score (nSPS) is 20.1. The Hall–Kier alpha value is -1.50. The smallest absolute Gasteiger partial charge is 0.240 e. The fourth-order valence-electron chi connectivity index (χ4n) is 2.52. The third-order valence-electron chi connectivity index (χ3n) is 3.45. The molecule has 0 aliphatic carbocycles. The zero-order chi connectivity index (χ0) is 13.9. The van der Waals surface area contributed by atoms with E-state index in [1.54, 1.807) is 0 Å². The van der Waals surface area contributed by atoms with Crippen molar-refractivity contribution in [2.24, 2.45) is 5.73 Å². The average Bonchev–Trinajstić information content (AvgIpc) is 2.80. The van der Waals surface area contributed by atoms with E-state index in [4.69, 9.17) is 5.73 Å². The predicted octanol–water partition coefficient (Wildman–Crippen LogP) is 1.66. The largest absolute Gasteiger partial charge is 0.327 e.